The van der Waals surface area contributed by atoms with Gasteiger partial charge in [-0.25, -0.2) is 0 Å². The molecule has 0 aromatic heterocycles. The van der Waals surface area contributed by atoms with Gasteiger partial charge in [-0.05, 0) is 35.2 Å². The Labute approximate surface area is 120 Å². The van der Waals surface area contributed by atoms with Crippen molar-refractivity contribution in [2.24, 2.45) is 0 Å². The van der Waals surface area contributed by atoms with E-state index >= 15 is 0 Å². The van der Waals surface area contributed by atoms with E-state index in [1.807, 2.05) is 6.07 Å². The minimum Gasteiger partial charge on any atom is -0.398 e. The van der Waals surface area contributed by atoms with Crippen LogP contribution in [-0.4, -0.2) is 0 Å². The molecule has 2 aromatic carbocycles. The van der Waals surface area contributed by atoms with Crippen molar-refractivity contribution >= 4 is 11.4 Å². The molecule has 0 aliphatic heterocycles. The summed E-state index contributed by atoms with van der Waals surface area (Å²) in [6.07, 6.45) is 0. The van der Waals surface area contributed by atoms with Gasteiger partial charge in [-0.3, -0.25) is 0 Å². The van der Waals surface area contributed by atoms with Gasteiger partial charge in [-0.2, -0.15) is 5.26 Å². The molecule has 3 nitrogen and oxygen atoms in total. The quantitative estimate of drug-likeness (QED) is 0.825. The van der Waals surface area contributed by atoms with Crippen molar-refractivity contribution in [1.29, 1.82) is 5.26 Å². The fourth-order valence-corrected chi connectivity index (χ4v) is 2.00. The van der Waals surface area contributed by atoms with Crippen LogP contribution in [0.1, 0.15) is 36.5 Å². The highest BCUT2D eigenvalue weighted by Crippen LogP contribution is 2.19. The minimum atomic E-state index is 0.507. The molecular weight excluding hydrogens is 246 g/mol. The minimum absolute atomic E-state index is 0.507. The van der Waals surface area contributed by atoms with Gasteiger partial charge in [-0.1, -0.05) is 38.1 Å². The average molecular weight is 265 g/mol. The molecule has 0 unspecified atom stereocenters. The Bertz CT molecular complexity index is 622. The van der Waals surface area contributed by atoms with Crippen molar-refractivity contribution in [3.8, 4) is 6.07 Å². The summed E-state index contributed by atoms with van der Waals surface area (Å²) < 4.78 is 0. The van der Waals surface area contributed by atoms with E-state index in [-0.39, 0.29) is 0 Å². The number of nitriles is 1. The zero-order valence-electron chi connectivity index (χ0n) is 11.9. The van der Waals surface area contributed by atoms with Crippen LogP contribution in [0.2, 0.25) is 0 Å². The first-order valence-electron chi connectivity index (χ1n) is 6.72. The van der Waals surface area contributed by atoms with Crippen LogP contribution in [0.4, 0.5) is 11.4 Å². The Balaban J connectivity index is 2.02. The van der Waals surface area contributed by atoms with Gasteiger partial charge < -0.3 is 11.1 Å². The zero-order valence-corrected chi connectivity index (χ0v) is 11.9. The normalized spacial score (nSPS) is 10.3. The lowest BCUT2D eigenvalue weighted by Crippen LogP contribution is -2.01. The number of rotatable bonds is 4. The summed E-state index contributed by atoms with van der Waals surface area (Å²) in [4.78, 5) is 0. The Hall–Kier alpha value is -2.47. The molecule has 3 heteroatoms. The van der Waals surface area contributed by atoms with Gasteiger partial charge in [0.25, 0.3) is 0 Å². The first-order chi connectivity index (χ1) is 9.60. The lowest BCUT2D eigenvalue weighted by atomic mass is 10.0. The summed E-state index contributed by atoms with van der Waals surface area (Å²) in [5, 5.41) is 12.1. The third-order valence-electron chi connectivity index (χ3n) is 3.32. The Morgan fingerprint density at radius 1 is 1.15 bits per heavy atom. The third-order valence-corrected chi connectivity index (χ3v) is 3.32. The van der Waals surface area contributed by atoms with Crippen molar-refractivity contribution in [2.45, 2.75) is 26.3 Å². The summed E-state index contributed by atoms with van der Waals surface area (Å²) in [5.74, 6) is 0.551. The molecule has 20 heavy (non-hydrogen) atoms. The maximum atomic E-state index is 8.84. The predicted octanol–water partition coefficient (Wildman–Crippen LogP) is 3.88. The topological polar surface area (TPSA) is 61.8 Å². The van der Waals surface area contributed by atoms with Gasteiger partial charge >= 0.3 is 0 Å². The molecule has 0 saturated carbocycles. The molecule has 0 atom stereocenters. The van der Waals surface area contributed by atoms with Gasteiger partial charge in [0, 0.05) is 12.2 Å². The number of hydrogen-bond acceptors (Lipinski definition) is 3. The number of nitrogens with zero attached hydrogens (tertiary/aromatic N) is 1. The molecule has 0 bridgehead atoms. The maximum Gasteiger partial charge on any atom is 0.101 e. The van der Waals surface area contributed by atoms with Crippen LogP contribution < -0.4 is 11.1 Å². The van der Waals surface area contributed by atoms with Crippen molar-refractivity contribution in [3.05, 3.63) is 59.2 Å². The number of anilines is 2. The van der Waals surface area contributed by atoms with E-state index in [0.29, 0.717) is 17.2 Å². The van der Waals surface area contributed by atoms with Gasteiger partial charge in [0.15, 0.2) is 0 Å². The highest BCUT2D eigenvalue weighted by atomic mass is 14.9. The average Bonchev–Trinajstić information content (AvgIpc) is 2.45. The highest BCUT2D eigenvalue weighted by Gasteiger charge is 2.01. The molecule has 2 rings (SSSR count). The third kappa shape index (κ3) is 3.30. The fourth-order valence-electron chi connectivity index (χ4n) is 2.00. The summed E-state index contributed by atoms with van der Waals surface area (Å²) in [7, 11) is 0. The van der Waals surface area contributed by atoms with Crippen LogP contribution in [0.25, 0.3) is 0 Å². The number of hydrogen-bond donors (Lipinski definition) is 2. The zero-order chi connectivity index (χ0) is 14.5. The van der Waals surface area contributed by atoms with Crippen LogP contribution >= 0.6 is 0 Å². The molecule has 0 radical (unpaired) electrons. The van der Waals surface area contributed by atoms with Gasteiger partial charge in [0.2, 0.25) is 0 Å². The summed E-state index contributed by atoms with van der Waals surface area (Å²) in [5.41, 5.74) is 10.3. The van der Waals surface area contributed by atoms with Crippen LogP contribution in [0.5, 0.6) is 0 Å². The highest BCUT2D eigenvalue weighted by molar-refractivity contribution is 5.62. The molecule has 2 aromatic rings. The van der Waals surface area contributed by atoms with Crippen LogP contribution in [-0.2, 0) is 6.54 Å². The molecule has 0 fully saturated rings. The Kier molecular flexibility index (Phi) is 4.27. The van der Waals surface area contributed by atoms with E-state index < -0.39 is 0 Å². The van der Waals surface area contributed by atoms with Crippen molar-refractivity contribution < 1.29 is 0 Å². The summed E-state index contributed by atoms with van der Waals surface area (Å²) in [6.45, 7) is 5.11. The van der Waals surface area contributed by atoms with Crippen molar-refractivity contribution in [3.63, 3.8) is 0 Å². The molecule has 0 aliphatic rings. The number of nitrogens with one attached hydrogen (secondary N) is 1. The van der Waals surface area contributed by atoms with E-state index in [4.69, 9.17) is 11.0 Å². The van der Waals surface area contributed by atoms with Crippen LogP contribution in [0.3, 0.4) is 0 Å². The SMILES string of the molecule is CC(C)c1ccc(CNc2ccc(C#N)c(N)c2)cc1. The van der Waals surface area contributed by atoms with E-state index in [2.05, 4.69) is 49.5 Å². The predicted molar refractivity (Wildman–Crippen MR) is 83.4 cm³/mol. The largest absolute Gasteiger partial charge is 0.398 e. The summed E-state index contributed by atoms with van der Waals surface area (Å²) >= 11 is 0. The molecule has 0 aliphatic carbocycles. The van der Waals surface area contributed by atoms with Crippen LogP contribution in [0, 0.1) is 11.3 Å². The van der Waals surface area contributed by atoms with Crippen molar-refractivity contribution in [2.75, 3.05) is 11.1 Å². The Morgan fingerprint density at radius 2 is 1.85 bits per heavy atom. The molecule has 0 heterocycles. The Morgan fingerprint density at radius 3 is 2.40 bits per heavy atom. The van der Waals surface area contributed by atoms with Gasteiger partial charge in [0.1, 0.15) is 6.07 Å². The number of nitrogens with two attached hydrogens (primary N) is 1. The lowest BCUT2D eigenvalue weighted by molar-refractivity contribution is 0.865. The fraction of sp³-hybridized carbons (Fsp3) is 0.235. The molecule has 0 saturated heterocycles. The number of nitrogen functional groups attached to an aromatic ring is 1. The first kappa shape index (κ1) is 14.0. The first-order valence-corrected chi connectivity index (χ1v) is 6.72. The van der Waals surface area contributed by atoms with Crippen molar-refractivity contribution in [1.82, 2.24) is 0 Å². The smallest absolute Gasteiger partial charge is 0.101 e. The molecule has 3 N–H and O–H groups in total. The maximum absolute atomic E-state index is 8.84. The standard InChI is InChI=1S/C17H19N3/c1-12(2)14-5-3-13(4-6-14)11-20-16-8-7-15(10-18)17(19)9-16/h3-9,12,20H,11,19H2,1-2H3. The second-order valence-corrected chi connectivity index (χ2v) is 5.16. The molecular formula is C17H19N3. The van der Waals surface area contributed by atoms with Gasteiger partial charge in [-0.15, -0.1) is 0 Å². The summed E-state index contributed by atoms with van der Waals surface area (Å²) in [6, 6.07) is 16.1. The molecule has 0 spiro atoms. The second kappa shape index (κ2) is 6.12. The van der Waals surface area contributed by atoms with Crippen LogP contribution in [0.15, 0.2) is 42.5 Å². The van der Waals surface area contributed by atoms with E-state index in [0.717, 1.165) is 12.2 Å². The van der Waals surface area contributed by atoms with E-state index in [1.54, 1.807) is 12.1 Å². The molecule has 102 valence electrons. The van der Waals surface area contributed by atoms with E-state index in [1.165, 1.54) is 11.1 Å². The molecule has 0 amide bonds. The van der Waals surface area contributed by atoms with Gasteiger partial charge in [0.05, 0.1) is 11.3 Å². The monoisotopic (exact) mass is 265 g/mol. The second-order valence-electron chi connectivity index (χ2n) is 5.16. The number of benzene rings is 2. The van der Waals surface area contributed by atoms with E-state index in [9.17, 15) is 0 Å². The lowest BCUT2D eigenvalue weighted by Gasteiger charge is -2.10.